The molecule has 2 nitrogen and oxygen atoms in total. The maximum atomic E-state index is 13.4. The second kappa shape index (κ2) is 4.80. The van der Waals surface area contributed by atoms with Crippen molar-refractivity contribution in [2.45, 2.75) is 38.4 Å². The van der Waals surface area contributed by atoms with Crippen LogP contribution in [0.2, 0.25) is 0 Å². The third kappa shape index (κ3) is 2.77. The van der Waals surface area contributed by atoms with E-state index in [-0.39, 0.29) is 17.4 Å². The Morgan fingerprint density at radius 3 is 2.61 bits per heavy atom. The Morgan fingerprint density at radius 1 is 1.28 bits per heavy atom. The second-order valence-corrected chi connectivity index (χ2v) is 5.14. The van der Waals surface area contributed by atoms with Gasteiger partial charge in [0.15, 0.2) is 17.5 Å². The fourth-order valence-corrected chi connectivity index (χ4v) is 2.11. The topological polar surface area (TPSA) is 21.3 Å². The van der Waals surface area contributed by atoms with Crippen molar-refractivity contribution in [1.29, 1.82) is 0 Å². The lowest BCUT2D eigenvalue weighted by atomic mass is 10.1. The molecular weight excluding hydrogens is 243 g/mol. The van der Waals surface area contributed by atoms with Crippen LogP contribution in [0.1, 0.15) is 26.7 Å². The highest BCUT2D eigenvalue weighted by atomic mass is 19.2. The summed E-state index contributed by atoms with van der Waals surface area (Å²) >= 11 is 0. The zero-order valence-corrected chi connectivity index (χ0v) is 10.4. The Labute approximate surface area is 104 Å². The lowest BCUT2D eigenvalue weighted by molar-refractivity contribution is -0.00913. The summed E-state index contributed by atoms with van der Waals surface area (Å²) in [6, 6.07) is 2.09. The third-order valence-corrected chi connectivity index (χ3v) is 3.11. The van der Waals surface area contributed by atoms with Gasteiger partial charge in [0.1, 0.15) is 0 Å². The van der Waals surface area contributed by atoms with Gasteiger partial charge in [-0.3, -0.25) is 0 Å². The smallest absolute Gasteiger partial charge is 0.196 e. The van der Waals surface area contributed by atoms with Crippen molar-refractivity contribution in [3.8, 4) is 0 Å². The molecular formula is C13H16F3NO. The third-order valence-electron chi connectivity index (χ3n) is 3.11. The van der Waals surface area contributed by atoms with Crippen molar-refractivity contribution in [3.05, 3.63) is 29.6 Å². The van der Waals surface area contributed by atoms with Gasteiger partial charge < -0.3 is 10.1 Å². The van der Waals surface area contributed by atoms with E-state index in [1.165, 1.54) is 6.07 Å². The summed E-state index contributed by atoms with van der Waals surface area (Å²) in [4.78, 5) is 0. The molecule has 1 aromatic carbocycles. The second-order valence-electron chi connectivity index (χ2n) is 5.14. The van der Waals surface area contributed by atoms with Gasteiger partial charge in [-0.15, -0.1) is 0 Å². The molecule has 1 aliphatic heterocycles. The quantitative estimate of drug-likeness (QED) is 0.839. The minimum atomic E-state index is -1.45. The number of nitrogens with one attached hydrogen (secondary N) is 1. The first kappa shape index (κ1) is 13.2. The van der Waals surface area contributed by atoms with Crippen LogP contribution in [0.3, 0.4) is 0 Å². The Balaban J connectivity index is 1.97. The Morgan fingerprint density at radius 2 is 2.00 bits per heavy atom. The number of ether oxygens (including phenoxy) is 1. The van der Waals surface area contributed by atoms with Gasteiger partial charge in [-0.1, -0.05) is 0 Å². The molecule has 0 aliphatic carbocycles. The van der Waals surface area contributed by atoms with Crippen molar-refractivity contribution in [2.75, 3.05) is 11.9 Å². The van der Waals surface area contributed by atoms with Crippen LogP contribution in [-0.2, 0) is 4.74 Å². The summed E-state index contributed by atoms with van der Waals surface area (Å²) in [7, 11) is 0. The normalized spacial score (nSPS) is 22.2. The van der Waals surface area contributed by atoms with Gasteiger partial charge in [-0.2, -0.15) is 0 Å². The standard InChI is InChI=1S/C13H16F3NO/c1-13(2)6-5-8(18-13)7-17-10-4-3-9(14)11(15)12(10)16/h3-4,8,17H,5-7H2,1-2H3. The zero-order valence-electron chi connectivity index (χ0n) is 10.4. The zero-order chi connectivity index (χ0) is 13.3. The van der Waals surface area contributed by atoms with Crippen LogP contribution < -0.4 is 5.32 Å². The first-order valence-corrected chi connectivity index (χ1v) is 5.94. The van der Waals surface area contributed by atoms with E-state index in [0.717, 1.165) is 18.9 Å². The van der Waals surface area contributed by atoms with Crippen molar-refractivity contribution in [3.63, 3.8) is 0 Å². The fourth-order valence-electron chi connectivity index (χ4n) is 2.11. The van der Waals surface area contributed by atoms with Gasteiger partial charge in [0.25, 0.3) is 0 Å². The number of hydrogen-bond acceptors (Lipinski definition) is 2. The van der Waals surface area contributed by atoms with E-state index in [0.29, 0.717) is 6.54 Å². The van der Waals surface area contributed by atoms with E-state index >= 15 is 0 Å². The molecule has 1 heterocycles. The lowest BCUT2D eigenvalue weighted by Crippen LogP contribution is -2.25. The van der Waals surface area contributed by atoms with Crippen LogP contribution in [0.15, 0.2) is 12.1 Å². The molecule has 1 aromatic rings. The van der Waals surface area contributed by atoms with Crippen LogP contribution >= 0.6 is 0 Å². The highest BCUT2D eigenvalue weighted by Gasteiger charge is 2.31. The number of halogens is 3. The van der Waals surface area contributed by atoms with Gasteiger partial charge in [0.2, 0.25) is 0 Å². The molecule has 18 heavy (non-hydrogen) atoms. The van der Waals surface area contributed by atoms with E-state index in [1.54, 1.807) is 0 Å². The lowest BCUT2D eigenvalue weighted by Gasteiger charge is -2.20. The molecule has 100 valence electrons. The Hall–Kier alpha value is -1.23. The molecule has 1 saturated heterocycles. The predicted molar refractivity (Wildman–Crippen MR) is 63.0 cm³/mol. The highest BCUT2D eigenvalue weighted by Crippen LogP contribution is 2.29. The minimum Gasteiger partial charge on any atom is -0.380 e. The summed E-state index contributed by atoms with van der Waals surface area (Å²) in [6.07, 6.45) is 1.76. The van der Waals surface area contributed by atoms with Gasteiger partial charge in [-0.05, 0) is 38.8 Å². The van der Waals surface area contributed by atoms with Gasteiger partial charge in [0.05, 0.1) is 17.4 Å². The molecule has 0 aromatic heterocycles. The van der Waals surface area contributed by atoms with Gasteiger partial charge in [0, 0.05) is 6.54 Å². The van der Waals surface area contributed by atoms with Crippen molar-refractivity contribution in [2.24, 2.45) is 0 Å². The van der Waals surface area contributed by atoms with E-state index in [1.807, 2.05) is 13.8 Å². The molecule has 0 amide bonds. The molecule has 0 radical (unpaired) electrons. The minimum absolute atomic E-state index is 0.0347. The summed E-state index contributed by atoms with van der Waals surface area (Å²) in [5.74, 6) is -3.82. The number of rotatable bonds is 3. The number of benzene rings is 1. The molecule has 5 heteroatoms. The molecule has 0 spiro atoms. The average molecular weight is 259 g/mol. The van der Waals surface area contributed by atoms with Gasteiger partial charge >= 0.3 is 0 Å². The van der Waals surface area contributed by atoms with E-state index in [9.17, 15) is 13.2 Å². The van der Waals surface area contributed by atoms with Crippen LogP contribution in [0.5, 0.6) is 0 Å². The molecule has 1 atom stereocenters. The SMILES string of the molecule is CC1(C)CCC(CNc2ccc(F)c(F)c2F)O1. The molecule has 0 bridgehead atoms. The largest absolute Gasteiger partial charge is 0.380 e. The van der Waals surface area contributed by atoms with Crippen LogP contribution in [0.4, 0.5) is 18.9 Å². The van der Waals surface area contributed by atoms with Crippen molar-refractivity contribution >= 4 is 5.69 Å². The van der Waals surface area contributed by atoms with Crippen molar-refractivity contribution in [1.82, 2.24) is 0 Å². The first-order chi connectivity index (χ1) is 8.39. The van der Waals surface area contributed by atoms with Crippen molar-refractivity contribution < 1.29 is 17.9 Å². The molecule has 1 fully saturated rings. The average Bonchev–Trinajstić information content (AvgIpc) is 2.65. The fraction of sp³-hybridized carbons (Fsp3) is 0.538. The summed E-state index contributed by atoms with van der Waals surface area (Å²) in [6.45, 7) is 4.36. The van der Waals surface area contributed by atoms with E-state index < -0.39 is 17.5 Å². The molecule has 1 aliphatic rings. The number of hydrogen-bond donors (Lipinski definition) is 1. The van der Waals surface area contributed by atoms with Crippen LogP contribution in [-0.4, -0.2) is 18.2 Å². The van der Waals surface area contributed by atoms with E-state index in [4.69, 9.17) is 4.74 Å². The monoisotopic (exact) mass is 259 g/mol. The molecule has 0 saturated carbocycles. The summed E-state index contributed by atoms with van der Waals surface area (Å²) in [5.41, 5.74) is -0.207. The molecule has 1 N–H and O–H groups in total. The Kier molecular flexibility index (Phi) is 3.52. The van der Waals surface area contributed by atoms with Crippen LogP contribution in [0, 0.1) is 17.5 Å². The summed E-state index contributed by atoms with van der Waals surface area (Å²) < 4.78 is 44.8. The highest BCUT2D eigenvalue weighted by molar-refractivity contribution is 5.45. The van der Waals surface area contributed by atoms with E-state index in [2.05, 4.69) is 5.32 Å². The molecule has 2 rings (SSSR count). The first-order valence-electron chi connectivity index (χ1n) is 5.94. The molecule has 1 unspecified atom stereocenters. The Bertz CT molecular complexity index is 448. The van der Waals surface area contributed by atoms with Gasteiger partial charge in [-0.25, -0.2) is 13.2 Å². The number of anilines is 1. The maximum absolute atomic E-state index is 13.4. The van der Waals surface area contributed by atoms with Crippen LogP contribution in [0.25, 0.3) is 0 Å². The predicted octanol–water partition coefficient (Wildman–Crippen LogP) is 3.47. The summed E-state index contributed by atoms with van der Waals surface area (Å²) in [5, 5.41) is 2.75. The maximum Gasteiger partial charge on any atom is 0.196 e.